The fraction of sp³-hybridized carbons (Fsp3) is 0.231. The molecule has 1 aromatic carbocycles. The largest absolute Gasteiger partial charge is 0.465 e. The molecule has 21 heavy (non-hydrogen) atoms. The van der Waals surface area contributed by atoms with Crippen LogP contribution in [0.15, 0.2) is 34.9 Å². The van der Waals surface area contributed by atoms with Crippen molar-refractivity contribution in [1.82, 2.24) is 5.16 Å². The van der Waals surface area contributed by atoms with Crippen molar-refractivity contribution < 1.29 is 27.2 Å². The van der Waals surface area contributed by atoms with E-state index in [1.54, 1.807) is 6.92 Å². The van der Waals surface area contributed by atoms with Crippen LogP contribution in [0.3, 0.4) is 0 Å². The molecular weight excluding hydrogens is 289 g/mol. The number of hydrogen-bond acceptors (Lipinski definition) is 4. The van der Waals surface area contributed by atoms with Crippen molar-refractivity contribution in [2.75, 3.05) is 11.9 Å². The number of anilines is 1. The van der Waals surface area contributed by atoms with E-state index in [0.29, 0.717) is 5.76 Å². The van der Waals surface area contributed by atoms with E-state index in [1.807, 2.05) is 0 Å². The number of nitrogens with one attached hydrogen (secondary N) is 1. The van der Waals surface area contributed by atoms with Gasteiger partial charge in [0.1, 0.15) is 5.76 Å². The molecule has 0 spiro atoms. The van der Waals surface area contributed by atoms with Gasteiger partial charge in [0.15, 0.2) is 6.61 Å². The van der Waals surface area contributed by atoms with Crippen molar-refractivity contribution >= 4 is 11.6 Å². The second kappa shape index (κ2) is 5.86. The molecule has 0 bridgehead atoms. The lowest BCUT2D eigenvalue weighted by atomic mass is 10.2. The van der Waals surface area contributed by atoms with Crippen molar-refractivity contribution in [3.63, 3.8) is 0 Å². The van der Waals surface area contributed by atoms with Crippen LogP contribution in [0.25, 0.3) is 0 Å². The fourth-order valence-electron chi connectivity index (χ4n) is 1.52. The number of aryl methyl sites for hydroxylation is 1. The number of halogens is 3. The molecule has 1 aromatic heterocycles. The molecule has 0 atom stereocenters. The van der Waals surface area contributed by atoms with Gasteiger partial charge in [0.05, 0.1) is 5.56 Å². The van der Waals surface area contributed by atoms with Gasteiger partial charge in [-0.25, -0.2) is 0 Å². The van der Waals surface area contributed by atoms with E-state index in [-0.39, 0.29) is 18.2 Å². The summed E-state index contributed by atoms with van der Waals surface area (Å²) in [6, 6.07) is 5.81. The maximum absolute atomic E-state index is 12.5. The molecule has 0 aliphatic rings. The average Bonchev–Trinajstić information content (AvgIpc) is 2.82. The third-order valence-corrected chi connectivity index (χ3v) is 2.43. The smallest absolute Gasteiger partial charge is 0.416 e. The topological polar surface area (TPSA) is 64.4 Å². The Hall–Kier alpha value is -2.51. The first kappa shape index (κ1) is 14.9. The Bertz CT molecular complexity index is 638. The quantitative estimate of drug-likeness (QED) is 0.942. The maximum atomic E-state index is 12.5. The molecule has 0 unspecified atom stereocenters. The number of benzene rings is 1. The lowest BCUT2D eigenvalue weighted by molar-refractivity contribution is -0.137. The van der Waals surface area contributed by atoms with Crippen LogP contribution in [0.5, 0.6) is 5.88 Å². The summed E-state index contributed by atoms with van der Waals surface area (Å²) >= 11 is 0. The van der Waals surface area contributed by atoms with Crippen LogP contribution < -0.4 is 10.1 Å². The lowest BCUT2D eigenvalue weighted by Crippen LogP contribution is -2.20. The highest BCUT2D eigenvalue weighted by Gasteiger charge is 2.30. The zero-order valence-corrected chi connectivity index (χ0v) is 10.9. The normalized spacial score (nSPS) is 11.2. The van der Waals surface area contributed by atoms with Crippen molar-refractivity contribution in [1.29, 1.82) is 0 Å². The number of ether oxygens (including phenoxy) is 1. The van der Waals surface area contributed by atoms with E-state index in [1.165, 1.54) is 18.2 Å². The zero-order chi connectivity index (χ0) is 15.5. The van der Waals surface area contributed by atoms with Crippen LogP contribution in [0.2, 0.25) is 0 Å². The number of aromatic nitrogens is 1. The number of amides is 1. The summed E-state index contributed by atoms with van der Waals surface area (Å²) in [6.07, 6.45) is -4.46. The molecule has 1 amide bonds. The van der Waals surface area contributed by atoms with E-state index in [9.17, 15) is 18.0 Å². The molecule has 2 aromatic rings. The number of hydrogen-bond donors (Lipinski definition) is 1. The first-order chi connectivity index (χ1) is 9.84. The monoisotopic (exact) mass is 300 g/mol. The average molecular weight is 300 g/mol. The van der Waals surface area contributed by atoms with Crippen LogP contribution in [-0.2, 0) is 11.0 Å². The Labute approximate surface area is 117 Å². The van der Waals surface area contributed by atoms with Gasteiger partial charge in [0.2, 0.25) is 0 Å². The number of carbonyl (C=O) groups excluding carboxylic acids is 1. The Kier molecular flexibility index (Phi) is 4.15. The van der Waals surface area contributed by atoms with Gasteiger partial charge in [0.25, 0.3) is 11.8 Å². The molecular formula is C13H11F3N2O3. The van der Waals surface area contributed by atoms with Crippen LogP contribution in [0.4, 0.5) is 18.9 Å². The summed E-state index contributed by atoms with van der Waals surface area (Å²) in [5, 5.41) is 5.82. The lowest BCUT2D eigenvalue weighted by Gasteiger charge is -2.09. The second-order valence-corrected chi connectivity index (χ2v) is 4.19. The van der Waals surface area contributed by atoms with Crippen molar-refractivity contribution in [2.45, 2.75) is 13.1 Å². The molecule has 0 fully saturated rings. The molecule has 2 rings (SSSR count). The number of carbonyl (C=O) groups is 1. The summed E-state index contributed by atoms with van der Waals surface area (Å²) in [5.74, 6) is 0.0463. The van der Waals surface area contributed by atoms with Crippen molar-refractivity contribution in [3.8, 4) is 5.88 Å². The molecule has 8 heteroatoms. The van der Waals surface area contributed by atoms with Crippen molar-refractivity contribution in [2.24, 2.45) is 0 Å². The first-order valence-corrected chi connectivity index (χ1v) is 5.88. The number of nitrogens with zero attached hydrogens (tertiary/aromatic N) is 1. The third kappa shape index (κ3) is 4.23. The van der Waals surface area contributed by atoms with Crippen LogP contribution in [0, 0.1) is 6.92 Å². The summed E-state index contributed by atoms with van der Waals surface area (Å²) < 4.78 is 47.3. The first-order valence-electron chi connectivity index (χ1n) is 5.88. The summed E-state index contributed by atoms with van der Waals surface area (Å²) in [7, 11) is 0. The molecule has 0 aliphatic carbocycles. The van der Waals surface area contributed by atoms with Gasteiger partial charge in [-0.1, -0.05) is 6.07 Å². The van der Waals surface area contributed by atoms with E-state index in [4.69, 9.17) is 9.26 Å². The minimum atomic E-state index is -4.46. The Morgan fingerprint density at radius 1 is 1.38 bits per heavy atom. The van der Waals surface area contributed by atoms with Crippen LogP contribution in [-0.4, -0.2) is 17.7 Å². The summed E-state index contributed by atoms with van der Waals surface area (Å²) in [6.45, 7) is 1.27. The minimum Gasteiger partial charge on any atom is -0.465 e. The molecule has 0 saturated carbocycles. The van der Waals surface area contributed by atoms with Crippen LogP contribution in [0.1, 0.15) is 11.3 Å². The SMILES string of the molecule is Cc1cc(OCC(=O)Nc2cccc(C(F)(F)F)c2)no1. The highest BCUT2D eigenvalue weighted by molar-refractivity contribution is 5.91. The van der Waals surface area contributed by atoms with Gasteiger partial charge in [-0.3, -0.25) is 4.79 Å². The van der Waals surface area contributed by atoms with E-state index in [2.05, 4.69) is 10.5 Å². The van der Waals surface area contributed by atoms with Gasteiger partial charge >= 0.3 is 6.18 Å². The molecule has 0 saturated heterocycles. The Morgan fingerprint density at radius 3 is 2.76 bits per heavy atom. The second-order valence-electron chi connectivity index (χ2n) is 4.19. The molecule has 1 heterocycles. The summed E-state index contributed by atoms with van der Waals surface area (Å²) in [5.41, 5.74) is -0.803. The highest BCUT2D eigenvalue weighted by Crippen LogP contribution is 2.30. The number of alkyl halides is 3. The highest BCUT2D eigenvalue weighted by atomic mass is 19.4. The van der Waals surface area contributed by atoms with E-state index < -0.39 is 17.6 Å². The molecule has 5 nitrogen and oxygen atoms in total. The molecule has 112 valence electrons. The van der Waals surface area contributed by atoms with Gasteiger partial charge in [-0.15, -0.1) is 0 Å². The minimum absolute atomic E-state index is 0.0368. The molecule has 1 N–H and O–H groups in total. The van der Waals surface area contributed by atoms with Gasteiger partial charge in [0, 0.05) is 11.8 Å². The molecule has 0 aliphatic heterocycles. The van der Waals surface area contributed by atoms with E-state index >= 15 is 0 Å². The maximum Gasteiger partial charge on any atom is 0.416 e. The van der Waals surface area contributed by atoms with Crippen LogP contribution >= 0.6 is 0 Å². The fourth-order valence-corrected chi connectivity index (χ4v) is 1.52. The summed E-state index contributed by atoms with van der Waals surface area (Å²) in [4.78, 5) is 11.6. The third-order valence-electron chi connectivity index (χ3n) is 2.43. The van der Waals surface area contributed by atoms with Crippen molar-refractivity contribution in [3.05, 3.63) is 41.7 Å². The standard InChI is InChI=1S/C13H11F3N2O3/c1-8-5-12(18-21-8)20-7-11(19)17-10-4-2-3-9(6-10)13(14,15)16/h2-6H,7H2,1H3,(H,17,19). The Morgan fingerprint density at radius 2 is 2.14 bits per heavy atom. The predicted molar refractivity (Wildman–Crippen MR) is 66.8 cm³/mol. The zero-order valence-electron chi connectivity index (χ0n) is 10.9. The van der Waals surface area contributed by atoms with Gasteiger partial charge in [-0.2, -0.15) is 13.2 Å². The molecule has 0 radical (unpaired) electrons. The number of rotatable bonds is 4. The Balaban J connectivity index is 1.93. The van der Waals surface area contributed by atoms with E-state index in [0.717, 1.165) is 12.1 Å². The van der Waals surface area contributed by atoms with Gasteiger partial charge < -0.3 is 14.6 Å². The predicted octanol–water partition coefficient (Wildman–Crippen LogP) is 3.02. The van der Waals surface area contributed by atoms with Gasteiger partial charge in [-0.05, 0) is 30.3 Å².